The fraction of sp³-hybridized carbons (Fsp3) is 0.111. The lowest BCUT2D eigenvalue weighted by Gasteiger charge is -2.18. The van der Waals surface area contributed by atoms with E-state index in [1.54, 1.807) is 43.5 Å². The van der Waals surface area contributed by atoms with Crippen molar-refractivity contribution in [2.75, 3.05) is 19.1 Å². The maximum absolute atomic E-state index is 13.8. The van der Waals surface area contributed by atoms with E-state index in [4.69, 9.17) is 21.7 Å². The van der Waals surface area contributed by atoms with Crippen molar-refractivity contribution in [2.45, 2.75) is 0 Å². The third-order valence-corrected chi connectivity index (χ3v) is 4.92. The Morgan fingerprint density at radius 2 is 1.92 bits per heavy atom. The fourth-order valence-electron chi connectivity index (χ4n) is 2.38. The summed E-state index contributed by atoms with van der Waals surface area (Å²) in [6, 6.07) is 11.4. The van der Waals surface area contributed by atoms with Gasteiger partial charge in [0.15, 0.2) is 4.32 Å². The Balaban J connectivity index is 1.99. The normalized spacial score (nSPS) is 15.8. The van der Waals surface area contributed by atoms with E-state index in [1.165, 1.54) is 24.2 Å². The Hall–Kier alpha value is -2.38. The number of carbonyl (C=O) groups excluding carboxylic acids is 1. The Labute approximate surface area is 154 Å². The first-order valence-electron chi connectivity index (χ1n) is 7.29. The number of methoxy groups -OCH3 is 2. The topological polar surface area (TPSA) is 38.8 Å². The zero-order valence-electron chi connectivity index (χ0n) is 13.5. The number of ether oxygens (including phenoxy) is 2. The van der Waals surface area contributed by atoms with Crippen LogP contribution in [0.3, 0.4) is 0 Å². The molecule has 1 aliphatic rings. The van der Waals surface area contributed by atoms with Gasteiger partial charge in [-0.25, -0.2) is 4.39 Å². The van der Waals surface area contributed by atoms with Crippen molar-refractivity contribution in [3.8, 4) is 11.5 Å². The number of amides is 1. The van der Waals surface area contributed by atoms with Gasteiger partial charge in [0.1, 0.15) is 17.3 Å². The van der Waals surface area contributed by atoms with Crippen molar-refractivity contribution in [3.05, 3.63) is 58.8 Å². The summed E-state index contributed by atoms with van der Waals surface area (Å²) in [6.45, 7) is 0. The largest absolute Gasteiger partial charge is 0.497 e. The van der Waals surface area contributed by atoms with Gasteiger partial charge in [0.05, 0.1) is 24.8 Å². The van der Waals surface area contributed by atoms with Crippen molar-refractivity contribution < 1.29 is 18.7 Å². The van der Waals surface area contributed by atoms with Gasteiger partial charge >= 0.3 is 0 Å². The van der Waals surface area contributed by atoms with Crippen molar-refractivity contribution in [2.24, 2.45) is 0 Å². The predicted molar refractivity (Wildman–Crippen MR) is 102 cm³/mol. The summed E-state index contributed by atoms with van der Waals surface area (Å²) in [4.78, 5) is 14.5. The summed E-state index contributed by atoms with van der Waals surface area (Å²) in [6.07, 6.45) is 1.50. The minimum atomic E-state index is -0.394. The number of thiocarbonyl (C=S) groups is 1. The van der Waals surface area contributed by atoms with E-state index in [9.17, 15) is 9.18 Å². The maximum atomic E-state index is 13.8. The molecule has 0 N–H and O–H groups in total. The quantitative estimate of drug-likeness (QED) is 0.590. The Bertz CT molecular complexity index is 882. The Morgan fingerprint density at radius 3 is 2.60 bits per heavy atom. The number of nitrogens with zero attached hydrogens (tertiary/aromatic N) is 1. The van der Waals surface area contributed by atoms with Crippen LogP contribution in [0.4, 0.5) is 10.1 Å². The lowest BCUT2D eigenvalue weighted by molar-refractivity contribution is -0.113. The first-order valence-corrected chi connectivity index (χ1v) is 8.52. The van der Waals surface area contributed by atoms with Gasteiger partial charge in [-0.3, -0.25) is 9.69 Å². The second kappa shape index (κ2) is 7.25. The monoisotopic (exact) mass is 375 g/mol. The van der Waals surface area contributed by atoms with E-state index in [2.05, 4.69) is 0 Å². The Morgan fingerprint density at radius 1 is 1.16 bits per heavy atom. The third-order valence-electron chi connectivity index (χ3n) is 3.61. The third kappa shape index (κ3) is 3.38. The summed E-state index contributed by atoms with van der Waals surface area (Å²) in [5.41, 5.74) is 0.854. The molecule has 3 rings (SSSR count). The number of anilines is 1. The van der Waals surface area contributed by atoms with Gasteiger partial charge < -0.3 is 9.47 Å². The van der Waals surface area contributed by atoms with Crippen molar-refractivity contribution in [1.29, 1.82) is 0 Å². The molecule has 0 aromatic heterocycles. The SMILES string of the molecule is COc1ccc(N2C(=O)C(=Cc3ccccc3F)SC2=S)c(OC)c1. The summed E-state index contributed by atoms with van der Waals surface area (Å²) in [5.74, 6) is 0.354. The highest BCUT2D eigenvalue weighted by Crippen LogP contribution is 2.41. The molecule has 0 bridgehead atoms. The molecule has 1 heterocycles. The highest BCUT2D eigenvalue weighted by atomic mass is 32.2. The number of benzene rings is 2. The molecule has 0 aliphatic carbocycles. The van der Waals surface area contributed by atoms with Gasteiger partial charge in [-0.15, -0.1) is 0 Å². The lowest BCUT2D eigenvalue weighted by Crippen LogP contribution is -2.27. The smallest absolute Gasteiger partial charge is 0.270 e. The molecule has 1 aliphatic heterocycles. The van der Waals surface area contributed by atoms with E-state index >= 15 is 0 Å². The van der Waals surface area contributed by atoms with Crippen LogP contribution in [0.15, 0.2) is 47.4 Å². The number of rotatable bonds is 4. The highest BCUT2D eigenvalue weighted by molar-refractivity contribution is 8.27. The molecule has 2 aromatic carbocycles. The van der Waals surface area contributed by atoms with Crippen LogP contribution in [0.1, 0.15) is 5.56 Å². The molecule has 1 saturated heterocycles. The molecule has 1 amide bonds. The van der Waals surface area contributed by atoms with Crippen LogP contribution < -0.4 is 14.4 Å². The minimum absolute atomic E-state index is 0.318. The maximum Gasteiger partial charge on any atom is 0.270 e. The molecule has 25 heavy (non-hydrogen) atoms. The molecule has 0 spiro atoms. The first kappa shape index (κ1) is 17.4. The molecule has 7 heteroatoms. The lowest BCUT2D eigenvalue weighted by atomic mass is 10.2. The predicted octanol–water partition coefficient (Wildman–Crippen LogP) is 4.25. The van der Waals surface area contributed by atoms with Gasteiger partial charge in [-0.2, -0.15) is 0 Å². The molecular weight excluding hydrogens is 361 g/mol. The molecule has 4 nitrogen and oxygen atoms in total. The van der Waals surface area contributed by atoms with Crippen LogP contribution in [0.25, 0.3) is 6.08 Å². The molecular formula is C18H14FNO3S2. The molecule has 0 saturated carbocycles. The van der Waals surface area contributed by atoms with Gasteiger partial charge in [-0.05, 0) is 24.3 Å². The zero-order chi connectivity index (χ0) is 18.0. The van der Waals surface area contributed by atoms with Crippen LogP contribution in [0.2, 0.25) is 0 Å². The average molecular weight is 375 g/mol. The standard InChI is InChI=1S/C18H14FNO3S2/c1-22-12-7-8-14(15(10-12)23-2)20-17(21)16(25-18(20)24)9-11-5-3-4-6-13(11)19/h3-10H,1-2H3. The number of thioether (sulfide) groups is 1. The summed E-state index contributed by atoms with van der Waals surface area (Å²) >= 11 is 6.47. The summed E-state index contributed by atoms with van der Waals surface area (Å²) in [5, 5.41) is 0. The first-order chi connectivity index (χ1) is 12.0. The molecule has 2 aromatic rings. The molecule has 128 valence electrons. The summed E-state index contributed by atoms with van der Waals surface area (Å²) in [7, 11) is 3.05. The van der Waals surface area contributed by atoms with Crippen molar-refractivity contribution in [1.82, 2.24) is 0 Å². The molecule has 0 atom stereocenters. The van der Waals surface area contributed by atoms with Crippen LogP contribution >= 0.6 is 24.0 Å². The zero-order valence-corrected chi connectivity index (χ0v) is 15.1. The average Bonchev–Trinajstić information content (AvgIpc) is 2.90. The van der Waals surface area contributed by atoms with Crippen LogP contribution in [0.5, 0.6) is 11.5 Å². The van der Waals surface area contributed by atoms with Crippen LogP contribution in [-0.2, 0) is 4.79 Å². The van der Waals surface area contributed by atoms with Crippen molar-refractivity contribution >= 4 is 46.0 Å². The molecule has 0 radical (unpaired) electrons. The number of hydrogen-bond acceptors (Lipinski definition) is 5. The van der Waals surface area contributed by atoms with Crippen LogP contribution in [0, 0.1) is 5.82 Å². The minimum Gasteiger partial charge on any atom is -0.497 e. The highest BCUT2D eigenvalue weighted by Gasteiger charge is 2.35. The number of halogens is 1. The Kier molecular flexibility index (Phi) is 5.06. The second-order valence-corrected chi connectivity index (χ2v) is 6.75. The van der Waals surface area contributed by atoms with Crippen molar-refractivity contribution in [3.63, 3.8) is 0 Å². The van der Waals surface area contributed by atoms with E-state index in [0.29, 0.717) is 32.0 Å². The van der Waals surface area contributed by atoms with E-state index < -0.39 is 5.82 Å². The number of carbonyl (C=O) groups is 1. The van der Waals surface area contributed by atoms with E-state index in [0.717, 1.165) is 11.8 Å². The second-order valence-electron chi connectivity index (χ2n) is 5.08. The van der Waals surface area contributed by atoms with Crippen LogP contribution in [-0.4, -0.2) is 24.4 Å². The van der Waals surface area contributed by atoms with E-state index in [-0.39, 0.29) is 5.91 Å². The van der Waals surface area contributed by atoms with Gasteiger partial charge in [0.25, 0.3) is 5.91 Å². The van der Waals surface area contributed by atoms with Gasteiger partial charge in [-0.1, -0.05) is 42.2 Å². The molecule has 1 fully saturated rings. The van der Waals surface area contributed by atoms with Gasteiger partial charge in [0.2, 0.25) is 0 Å². The fourth-order valence-corrected chi connectivity index (χ4v) is 3.65. The summed E-state index contributed by atoms with van der Waals surface area (Å²) < 4.78 is 24.7. The molecule has 0 unspecified atom stereocenters. The van der Waals surface area contributed by atoms with E-state index in [1.807, 2.05) is 0 Å². The number of hydrogen-bond donors (Lipinski definition) is 0. The van der Waals surface area contributed by atoms with Gasteiger partial charge in [0, 0.05) is 11.6 Å².